The summed E-state index contributed by atoms with van der Waals surface area (Å²) in [5.41, 5.74) is 3.07. The van der Waals surface area contributed by atoms with Crippen molar-refractivity contribution >= 4 is 11.8 Å². The molecule has 0 saturated heterocycles. The van der Waals surface area contributed by atoms with Crippen LogP contribution < -0.4 is 10.1 Å². The molecule has 0 aliphatic rings. The van der Waals surface area contributed by atoms with Crippen molar-refractivity contribution in [2.24, 2.45) is 0 Å². The normalized spacial score (nSPS) is 12.2. The maximum atomic E-state index is 13.2. The lowest BCUT2D eigenvalue weighted by atomic mass is 9.86. The smallest absolute Gasteiger partial charge is 0.261 e. The molecule has 0 aliphatic heterocycles. The summed E-state index contributed by atoms with van der Waals surface area (Å²) in [4.78, 5) is 27.3. The third kappa shape index (κ3) is 6.09. The number of rotatable bonds is 8. The second-order valence-electron chi connectivity index (χ2n) is 8.58. The summed E-state index contributed by atoms with van der Waals surface area (Å²) in [5, 5.41) is 2.68. The third-order valence-electron chi connectivity index (χ3n) is 5.15. The van der Waals surface area contributed by atoms with Gasteiger partial charge in [-0.05, 0) is 36.0 Å². The van der Waals surface area contributed by atoms with Crippen LogP contribution in [0.3, 0.4) is 0 Å². The molecule has 1 N–H and O–H groups in total. The van der Waals surface area contributed by atoms with Crippen LogP contribution in [-0.2, 0) is 21.5 Å². The number of carbonyl (C=O) groups excluding carboxylic acids is 2. The number of amides is 2. The molecule has 2 amide bonds. The van der Waals surface area contributed by atoms with Gasteiger partial charge in [-0.15, -0.1) is 0 Å². The summed E-state index contributed by atoms with van der Waals surface area (Å²) < 4.78 is 5.95. The Bertz CT molecular complexity index is 853. The van der Waals surface area contributed by atoms with Crippen LogP contribution >= 0.6 is 0 Å². The van der Waals surface area contributed by atoms with Gasteiger partial charge in [0, 0.05) is 13.6 Å². The van der Waals surface area contributed by atoms with Gasteiger partial charge in [-0.1, -0.05) is 75.7 Å². The number of hydrogen-bond donors (Lipinski definition) is 1. The number of ether oxygens (including phenoxy) is 1. The van der Waals surface area contributed by atoms with Crippen molar-refractivity contribution in [1.29, 1.82) is 0 Å². The predicted molar refractivity (Wildman–Crippen MR) is 121 cm³/mol. The Morgan fingerprint density at radius 3 is 2.27 bits per heavy atom. The fourth-order valence-electron chi connectivity index (χ4n) is 3.41. The molecule has 5 nitrogen and oxygen atoms in total. The summed E-state index contributed by atoms with van der Waals surface area (Å²) in [6.45, 7) is 10.5. The number of likely N-dealkylation sites (N-methyl/N-ethyl adjacent to an activating group) is 1. The molecule has 0 unspecified atom stereocenters. The molecule has 0 radical (unpaired) electrons. The van der Waals surface area contributed by atoms with Crippen molar-refractivity contribution in [2.75, 3.05) is 13.7 Å². The van der Waals surface area contributed by atoms with Crippen molar-refractivity contribution in [1.82, 2.24) is 10.2 Å². The third-order valence-corrected chi connectivity index (χ3v) is 5.15. The summed E-state index contributed by atoms with van der Waals surface area (Å²) in [6.07, 6.45) is 0.524. The van der Waals surface area contributed by atoms with Crippen molar-refractivity contribution in [3.8, 4) is 5.75 Å². The van der Waals surface area contributed by atoms with Gasteiger partial charge in [0.25, 0.3) is 5.91 Å². The van der Waals surface area contributed by atoms with Gasteiger partial charge in [-0.3, -0.25) is 9.59 Å². The first kappa shape index (κ1) is 23.5. The molecule has 0 aliphatic carbocycles. The lowest BCUT2D eigenvalue weighted by Crippen LogP contribution is -2.49. The Hall–Kier alpha value is -2.82. The molecule has 0 fully saturated rings. The van der Waals surface area contributed by atoms with Gasteiger partial charge in [-0.2, -0.15) is 0 Å². The van der Waals surface area contributed by atoms with Gasteiger partial charge in [0.1, 0.15) is 11.8 Å². The molecule has 2 aromatic rings. The van der Waals surface area contributed by atoms with Crippen molar-refractivity contribution in [3.63, 3.8) is 0 Å². The summed E-state index contributed by atoms with van der Waals surface area (Å²) >= 11 is 0. The number of nitrogens with zero attached hydrogens (tertiary/aromatic N) is 1. The molecule has 0 spiro atoms. The molecule has 0 heterocycles. The molecule has 5 heteroatoms. The van der Waals surface area contributed by atoms with Crippen LogP contribution in [0.25, 0.3) is 0 Å². The van der Waals surface area contributed by atoms with Crippen LogP contribution in [0.4, 0.5) is 0 Å². The molecular formula is C25H34N2O3. The summed E-state index contributed by atoms with van der Waals surface area (Å²) in [5.74, 6) is 0.310. The molecule has 0 aromatic heterocycles. The first-order valence-electron chi connectivity index (χ1n) is 10.5. The highest BCUT2D eigenvalue weighted by molar-refractivity contribution is 5.88. The Kier molecular flexibility index (Phi) is 8.04. The Labute approximate surface area is 180 Å². The van der Waals surface area contributed by atoms with Crippen LogP contribution in [0.15, 0.2) is 48.5 Å². The van der Waals surface area contributed by atoms with E-state index in [0.717, 1.165) is 16.7 Å². The fourth-order valence-corrected chi connectivity index (χ4v) is 3.41. The van der Waals surface area contributed by atoms with E-state index in [0.29, 0.717) is 18.7 Å². The van der Waals surface area contributed by atoms with E-state index in [4.69, 9.17) is 4.74 Å². The number of aryl methyl sites for hydroxylation is 1. The van der Waals surface area contributed by atoms with Gasteiger partial charge in [0.2, 0.25) is 5.91 Å². The molecular weight excluding hydrogens is 376 g/mol. The van der Waals surface area contributed by atoms with E-state index >= 15 is 0 Å². The van der Waals surface area contributed by atoms with Crippen LogP contribution in [-0.4, -0.2) is 36.4 Å². The van der Waals surface area contributed by atoms with E-state index in [9.17, 15) is 9.59 Å². The molecule has 0 bridgehead atoms. The number of para-hydroxylation sites is 1. The fraction of sp³-hybridized carbons (Fsp3) is 0.440. The van der Waals surface area contributed by atoms with Gasteiger partial charge >= 0.3 is 0 Å². The predicted octanol–water partition coefficient (Wildman–Crippen LogP) is 4.22. The quantitative estimate of drug-likeness (QED) is 0.709. The van der Waals surface area contributed by atoms with E-state index in [1.54, 1.807) is 11.9 Å². The average molecular weight is 411 g/mol. The second kappa shape index (κ2) is 10.3. The van der Waals surface area contributed by atoms with E-state index in [-0.39, 0.29) is 23.8 Å². The van der Waals surface area contributed by atoms with Crippen LogP contribution in [0.1, 0.15) is 50.8 Å². The van der Waals surface area contributed by atoms with Gasteiger partial charge in [0.05, 0.1) is 0 Å². The number of benzene rings is 2. The van der Waals surface area contributed by atoms with Crippen LogP contribution in [0, 0.1) is 6.92 Å². The first-order chi connectivity index (χ1) is 14.2. The zero-order valence-electron chi connectivity index (χ0n) is 19.0. The van der Waals surface area contributed by atoms with Crippen molar-refractivity contribution in [2.45, 2.75) is 59.0 Å². The monoisotopic (exact) mass is 410 g/mol. The number of hydrogen-bond acceptors (Lipinski definition) is 3. The Morgan fingerprint density at radius 2 is 1.70 bits per heavy atom. The van der Waals surface area contributed by atoms with E-state index < -0.39 is 6.04 Å². The van der Waals surface area contributed by atoms with Gasteiger partial charge in [0.15, 0.2) is 6.61 Å². The Morgan fingerprint density at radius 1 is 1.07 bits per heavy atom. The molecule has 0 saturated carbocycles. The SMILES string of the molecule is CC[C@@H](C(=O)NC)N(Cc1ccc(C)cc1)C(=O)COc1ccccc1C(C)(C)C. The lowest BCUT2D eigenvalue weighted by Gasteiger charge is -2.30. The Balaban J connectivity index is 2.24. The largest absolute Gasteiger partial charge is 0.483 e. The highest BCUT2D eigenvalue weighted by Gasteiger charge is 2.28. The minimum Gasteiger partial charge on any atom is -0.483 e. The lowest BCUT2D eigenvalue weighted by molar-refractivity contribution is -0.142. The zero-order valence-corrected chi connectivity index (χ0v) is 19.0. The highest BCUT2D eigenvalue weighted by Crippen LogP contribution is 2.31. The van der Waals surface area contributed by atoms with E-state index in [1.807, 2.05) is 62.4 Å². The van der Waals surface area contributed by atoms with Crippen LogP contribution in [0.2, 0.25) is 0 Å². The minimum absolute atomic E-state index is 0.102. The topological polar surface area (TPSA) is 58.6 Å². The van der Waals surface area contributed by atoms with Crippen molar-refractivity contribution in [3.05, 3.63) is 65.2 Å². The van der Waals surface area contributed by atoms with E-state index in [2.05, 4.69) is 26.1 Å². The average Bonchev–Trinajstić information content (AvgIpc) is 2.72. The molecule has 2 rings (SSSR count). The summed E-state index contributed by atoms with van der Waals surface area (Å²) in [6, 6.07) is 15.2. The number of carbonyl (C=O) groups is 2. The molecule has 1 atom stereocenters. The molecule has 30 heavy (non-hydrogen) atoms. The van der Waals surface area contributed by atoms with Crippen molar-refractivity contribution < 1.29 is 14.3 Å². The maximum absolute atomic E-state index is 13.2. The zero-order chi connectivity index (χ0) is 22.3. The van der Waals surface area contributed by atoms with Crippen LogP contribution in [0.5, 0.6) is 5.75 Å². The first-order valence-corrected chi connectivity index (χ1v) is 10.5. The van der Waals surface area contributed by atoms with Gasteiger partial charge < -0.3 is 15.0 Å². The molecule has 2 aromatic carbocycles. The standard InChI is InChI=1S/C25H34N2O3/c1-7-21(24(29)26-6)27(16-19-14-12-18(2)13-15-19)23(28)17-30-22-11-9-8-10-20(22)25(3,4)5/h8-15,21H,7,16-17H2,1-6H3,(H,26,29)/t21-/m0/s1. The minimum atomic E-state index is -0.551. The van der Waals surface area contributed by atoms with E-state index in [1.165, 1.54) is 0 Å². The number of nitrogens with one attached hydrogen (secondary N) is 1. The second-order valence-corrected chi connectivity index (χ2v) is 8.58. The maximum Gasteiger partial charge on any atom is 0.261 e. The van der Waals surface area contributed by atoms with Gasteiger partial charge in [-0.25, -0.2) is 0 Å². The molecule has 162 valence electrons. The summed E-state index contributed by atoms with van der Waals surface area (Å²) in [7, 11) is 1.59. The highest BCUT2D eigenvalue weighted by atomic mass is 16.5.